The standard InChI is InChI=1S/C20H20N2O4S/c1-13-7-8-15(9-14(13)2)21-18(23)10-26-20(24)12-25-11-19-22-16-5-3-4-6-17(16)27-19/h3-9H,10-12H2,1-2H3,(H,21,23). The van der Waals surface area contributed by atoms with Crippen LogP contribution in [0.15, 0.2) is 42.5 Å². The van der Waals surface area contributed by atoms with Crippen LogP contribution in [-0.2, 0) is 25.7 Å². The van der Waals surface area contributed by atoms with Crippen LogP contribution in [0.25, 0.3) is 10.2 Å². The fourth-order valence-corrected chi connectivity index (χ4v) is 3.31. The first-order chi connectivity index (χ1) is 13.0. The minimum absolute atomic E-state index is 0.225. The van der Waals surface area contributed by atoms with E-state index in [4.69, 9.17) is 9.47 Å². The van der Waals surface area contributed by atoms with Crippen molar-refractivity contribution >= 4 is 39.1 Å². The Labute approximate surface area is 161 Å². The summed E-state index contributed by atoms with van der Waals surface area (Å²) in [7, 11) is 0. The number of nitrogens with one attached hydrogen (secondary N) is 1. The number of hydrogen-bond acceptors (Lipinski definition) is 6. The van der Waals surface area contributed by atoms with Gasteiger partial charge in [0, 0.05) is 5.69 Å². The number of nitrogens with zero attached hydrogens (tertiary/aromatic N) is 1. The van der Waals surface area contributed by atoms with Crippen LogP contribution in [0.5, 0.6) is 0 Å². The summed E-state index contributed by atoms with van der Waals surface area (Å²) in [5.41, 5.74) is 3.80. The number of benzene rings is 2. The number of esters is 1. The van der Waals surface area contributed by atoms with Gasteiger partial charge in [-0.15, -0.1) is 11.3 Å². The lowest BCUT2D eigenvalue weighted by molar-refractivity contribution is -0.152. The molecule has 1 aromatic heterocycles. The van der Waals surface area contributed by atoms with E-state index < -0.39 is 11.9 Å². The van der Waals surface area contributed by atoms with Gasteiger partial charge in [0.25, 0.3) is 5.91 Å². The van der Waals surface area contributed by atoms with Crippen molar-refractivity contribution in [2.24, 2.45) is 0 Å². The molecule has 0 aliphatic rings. The zero-order valence-electron chi connectivity index (χ0n) is 15.2. The van der Waals surface area contributed by atoms with Crippen molar-refractivity contribution in [3.05, 3.63) is 58.6 Å². The molecule has 0 radical (unpaired) electrons. The molecule has 3 aromatic rings. The highest BCUT2D eigenvalue weighted by molar-refractivity contribution is 7.18. The van der Waals surface area contributed by atoms with Gasteiger partial charge in [0.2, 0.25) is 0 Å². The average molecular weight is 384 g/mol. The van der Waals surface area contributed by atoms with Crippen molar-refractivity contribution in [3.8, 4) is 0 Å². The summed E-state index contributed by atoms with van der Waals surface area (Å²) < 4.78 is 11.3. The van der Waals surface area contributed by atoms with E-state index in [2.05, 4.69) is 10.3 Å². The smallest absolute Gasteiger partial charge is 0.332 e. The molecule has 0 unspecified atom stereocenters. The number of hydrogen-bond donors (Lipinski definition) is 1. The van der Waals surface area contributed by atoms with Gasteiger partial charge in [-0.1, -0.05) is 18.2 Å². The quantitative estimate of drug-likeness (QED) is 0.630. The normalized spacial score (nSPS) is 10.7. The highest BCUT2D eigenvalue weighted by Crippen LogP contribution is 2.21. The maximum absolute atomic E-state index is 11.9. The Morgan fingerprint density at radius 1 is 1.07 bits per heavy atom. The number of para-hydroxylation sites is 1. The molecule has 6 nitrogen and oxygen atoms in total. The van der Waals surface area contributed by atoms with Crippen LogP contribution in [0, 0.1) is 13.8 Å². The fourth-order valence-electron chi connectivity index (χ4n) is 2.41. The molecule has 1 N–H and O–H groups in total. The molecule has 1 amide bonds. The molecule has 2 aromatic carbocycles. The first kappa shape index (κ1) is 19.0. The van der Waals surface area contributed by atoms with Gasteiger partial charge in [-0.3, -0.25) is 4.79 Å². The minimum Gasteiger partial charge on any atom is -0.454 e. The van der Waals surface area contributed by atoms with Gasteiger partial charge in [-0.05, 0) is 49.2 Å². The second-order valence-corrected chi connectivity index (χ2v) is 7.19. The van der Waals surface area contributed by atoms with Crippen molar-refractivity contribution in [2.75, 3.05) is 18.5 Å². The third kappa shape index (κ3) is 5.35. The highest BCUT2D eigenvalue weighted by atomic mass is 32.1. The Morgan fingerprint density at radius 2 is 1.89 bits per heavy atom. The summed E-state index contributed by atoms with van der Waals surface area (Å²) in [5, 5.41) is 3.49. The molecule has 27 heavy (non-hydrogen) atoms. The van der Waals surface area contributed by atoms with Gasteiger partial charge >= 0.3 is 5.97 Å². The van der Waals surface area contributed by atoms with E-state index in [1.165, 1.54) is 11.3 Å². The van der Waals surface area contributed by atoms with E-state index in [0.29, 0.717) is 5.69 Å². The van der Waals surface area contributed by atoms with E-state index in [0.717, 1.165) is 26.4 Å². The number of aromatic nitrogens is 1. The topological polar surface area (TPSA) is 77.5 Å². The summed E-state index contributed by atoms with van der Waals surface area (Å²) in [6.45, 7) is 3.61. The van der Waals surface area contributed by atoms with E-state index in [-0.39, 0.29) is 19.8 Å². The average Bonchev–Trinajstić information content (AvgIpc) is 3.06. The molecule has 0 aliphatic carbocycles. The van der Waals surface area contributed by atoms with Crippen molar-refractivity contribution in [1.29, 1.82) is 0 Å². The van der Waals surface area contributed by atoms with Crippen LogP contribution >= 0.6 is 11.3 Å². The number of amides is 1. The molecule has 0 aliphatic heterocycles. The number of fused-ring (bicyclic) bond motifs is 1. The molecule has 0 saturated heterocycles. The Bertz CT molecular complexity index is 935. The zero-order chi connectivity index (χ0) is 19.2. The number of thiazole rings is 1. The predicted molar refractivity (Wildman–Crippen MR) is 105 cm³/mol. The Kier molecular flexibility index (Phi) is 6.16. The molecule has 140 valence electrons. The fraction of sp³-hybridized carbons (Fsp3) is 0.250. The van der Waals surface area contributed by atoms with Crippen LogP contribution in [-0.4, -0.2) is 30.1 Å². The van der Waals surface area contributed by atoms with Gasteiger partial charge in [0.05, 0.1) is 16.8 Å². The SMILES string of the molecule is Cc1ccc(NC(=O)COC(=O)COCc2nc3ccccc3s2)cc1C. The van der Waals surface area contributed by atoms with Crippen molar-refractivity contribution < 1.29 is 19.1 Å². The molecular weight excluding hydrogens is 364 g/mol. The number of carbonyl (C=O) groups excluding carboxylic acids is 2. The van der Waals surface area contributed by atoms with Crippen molar-refractivity contribution in [2.45, 2.75) is 20.5 Å². The largest absolute Gasteiger partial charge is 0.454 e. The molecular formula is C20H20N2O4S. The van der Waals surface area contributed by atoms with Crippen molar-refractivity contribution in [3.63, 3.8) is 0 Å². The molecule has 3 rings (SSSR count). The summed E-state index contributed by atoms with van der Waals surface area (Å²) in [5.74, 6) is -0.982. The molecule has 1 heterocycles. The third-order valence-corrected chi connectivity index (χ3v) is 4.95. The highest BCUT2D eigenvalue weighted by Gasteiger charge is 2.10. The van der Waals surface area contributed by atoms with Crippen LogP contribution < -0.4 is 5.32 Å². The van der Waals surface area contributed by atoms with E-state index in [1.807, 2.05) is 56.3 Å². The Balaban J connectivity index is 1.38. The number of carbonyl (C=O) groups is 2. The first-order valence-corrected chi connectivity index (χ1v) is 9.28. The number of ether oxygens (including phenoxy) is 2. The van der Waals surface area contributed by atoms with Crippen LogP contribution in [0.1, 0.15) is 16.1 Å². The third-order valence-electron chi connectivity index (χ3n) is 3.94. The second-order valence-electron chi connectivity index (χ2n) is 6.08. The lowest BCUT2D eigenvalue weighted by Crippen LogP contribution is -2.22. The Hall–Kier alpha value is -2.77. The second kappa shape index (κ2) is 8.75. The predicted octanol–water partition coefficient (Wildman–Crippen LogP) is 3.61. The number of aryl methyl sites for hydroxylation is 2. The summed E-state index contributed by atoms with van der Waals surface area (Å²) >= 11 is 1.52. The van der Waals surface area contributed by atoms with Crippen LogP contribution in [0.4, 0.5) is 5.69 Å². The molecule has 0 spiro atoms. The summed E-state index contributed by atoms with van der Waals surface area (Å²) in [6, 6.07) is 13.4. The molecule has 7 heteroatoms. The molecule has 0 fully saturated rings. The minimum atomic E-state index is -0.591. The number of anilines is 1. The summed E-state index contributed by atoms with van der Waals surface area (Å²) in [6.07, 6.45) is 0. The lowest BCUT2D eigenvalue weighted by atomic mass is 10.1. The van der Waals surface area contributed by atoms with Gasteiger partial charge in [-0.2, -0.15) is 0 Å². The zero-order valence-corrected chi connectivity index (χ0v) is 16.0. The molecule has 0 atom stereocenters. The van der Waals surface area contributed by atoms with Crippen LogP contribution in [0.3, 0.4) is 0 Å². The maximum Gasteiger partial charge on any atom is 0.332 e. The van der Waals surface area contributed by atoms with Crippen molar-refractivity contribution in [1.82, 2.24) is 4.98 Å². The van der Waals surface area contributed by atoms with E-state index in [9.17, 15) is 9.59 Å². The monoisotopic (exact) mass is 384 g/mol. The van der Waals surface area contributed by atoms with Gasteiger partial charge < -0.3 is 14.8 Å². The lowest BCUT2D eigenvalue weighted by Gasteiger charge is -2.08. The van der Waals surface area contributed by atoms with Gasteiger partial charge in [0.1, 0.15) is 11.6 Å². The Morgan fingerprint density at radius 3 is 2.67 bits per heavy atom. The molecule has 0 saturated carbocycles. The first-order valence-electron chi connectivity index (χ1n) is 8.46. The van der Waals surface area contributed by atoms with E-state index in [1.54, 1.807) is 0 Å². The van der Waals surface area contributed by atoms with Gasteiger partial charge in [-0.25, -0.2) is 9.78 Å². The molecule has 0 bridgehead atoms. The number of rotatable bonds is 7. The maximum atomic E-state index is 11.9. The van der Waals surface area contributed by atoms with Gasteiger partial charge in [0.15, 0.2) is 6.61 Å². The van der Waals surface area contributed by atoms with Crippen LogP contribution in [0.2, 0.25) is 0 Å². The summed E-state index contributed by atoms with van der Waals surface area (Å²) in [4.78, 5) is 28.0. The van der Waals surface area contributed by atoms with E-state index >= 15 is 0 Å².